The van der Waals surface area contributed by atoms with Gasteiger partial charge >= 0.3 is 0 Å². The highest BCUT2D eigenvalue weighted by atomic mass is 79.9. The zero-order chi connectivity index (χ0) is 14.8. The lowest BCUT2D eigenvalue weighted by molar-refractivity contribution is -0.116. The van der Waals surface area contributed by atoms with Gasteiger partial charge in [0.2, 0.25) is 5.91 Å². The van der Waals surface area contributed by atoms with Gasteiger partial charge in [-0.2, -0.15) is 0 Å². The lowest BCUT2D eigenvalue weighted by atomic mass is 10.2. The number of anilines is 1. The lowest BCUT2D eigenvalue weighted by Crippen LogP contribution is -2.18. The third kappa shape index (κ3) is 3.28. The molecule has 5 heteroatoms. The zero-order valence-corrected chi connectivity index (χ0v) is 13.4. The largest absolute Gasteiger partial charge is 0.338 e. The predicted octanol–water partition coefficient (Wildman–Crippen LogP) is 4.70. The number of nitrogens with one attached hydrogen (secondary N) is 1. The van der Waals surface area contributed by atoms with Gasteiger partial charge in [-0.25, -0.2) is 0 Å². The molecule has 0 spiro atoms. The Morgan fingerprint density at radius 2 is 2.05 bits per heavy atom. The average Bonchev–Trinajstić information content (AvgIpc) is 2.81. The van der Waals surface area contributed by atoms with Gasteiger partial charge in [0.1, 0.15) is 6.54 Å². The van der Waals surface area contributed by atoms with E-state index in [0.29, 0.717) is 10.7 Å². The lowest BCUT2D eigenvalue weighted by Gasteiger charge is -2.08. The molecule has 21 heavy (non-hydrogen) atoms. The molecule has 0 aliphatic heterocycles. The van der Waals surface area contributed by atoms with Crippen LogP contribution in [0.1, 0.15) is 0 Å². The number of hydrogen-bond acceptors (Lipinski definition) is 1. The maximum atomic E-state index is 12.1. The summed E-state index contributed by atoms with van der Waals surface area (Å²) in [6.45, 7) is 0.256. The smallest absolute Gasteiger partial charge is 0.244 e. The number of aromatic nitrogens is 1. The van der Waals surface area contributed by atoms with Crippen molar-refractivity contribution in [1.82, 2.24) is 4.57 Å². The van der Waals surface area contributed by atoms with E-state index in [2.05, 4.69) is 21.2 Å². The van der Waals surface area contributed by atoms with Crippen molar-refractivity contribution in [2.75, 3.05) is 5.32 Å². The molecule has 0 unspecified atom stereocenters. The van der Waals surface area contributed by atoms with Crippen molar-refractivity contribution in [2.24, 2.45) is 0 Å². The van der Waals surface area contributed by atoms with Crippen LogP contribution < -0.4 is 5.32 Å². The second-order valence-corrected chi connectivity index (χ2v) is 6.06. The van der Waals surface area contributed by atoms with Crippen LogP contribution in [0.15, 0.2) is 59.2 Å². The Balaban J connectivity index is 1.79. The van der Waals surface area contributed by atoms with Gasteiger partial charge < -0.3 is 9.88 Å². The van der Waals surface area contributed by atoms with Crippen molar-refractivity contribution in [3.05, 3.63) is 64.2 Å². The standard InChI is InChI=1S/C16H12BrClN2O/c17-12-5-4-11-6-7-20(15(11)8-12)10-16(21)19-14-3-1-2-13(18)9-14/h1-9H,10H2,(H,19,21). The Morgan fingerprint density at radius 1 is 1.19 bits per heavy atom. The first-order valence-corrected chi connectivity index (χ1v) is 7.59. The summed E-state index contributed by atoms with van der Waals surface area (Å²) in [6, 6.07) is 15.1. The van der Waals surface area contributed by atoms with Gasteiger partial charge in [-0.15, -0.1) is 0 Å². The number of hydrogen-bond donors (Lipinski definition) is 1. The molecule has 3 nitrogen and oxygen atoms in total. The highest BCUT2D eigenvalue weighted by molar-refractivity contribution is 9.10. The third-order valence-electron chi connectivity index (χ3n) is 3.16. The molecule has 1 amide bonds. The second-order valence-electron chi connectivity index (χ2n) is 4.71. The molecule has 2 aromatic carbocycles. The normalized spacial score (nSPS) is 10.8. The first-order valence-electron chi connectivity index (χ1n) is 6.42. The monoisotopic (exact) mass is 362 g/mol. The molecule has 0 aliphatic carbocycles. The van der Waals surface area contributed by atoms with E-state index in [1.54, 1.807) is 18.2 Å². The van der Waals surface area contributed by atoms with Gasteiger partial charge in [0.25, 0.3) is 0 Å². The number of halogens is 2. The molecule has 1 aromatic heterocycles. The summed E-state index contributed by atoms with van der Waals surface area (Å²) >= 11 is 9.36. The van der Waals surface area contributed by atoms with Crippen molar-refractivity contribution in [1.29, 1.82) is 0 Å². The van der Waals surface area contributed by atoms with E-state index in [-0.39, 0.29) is 12.5 Å². The van der Waals surface area contributed by atoms with Crippen molar-refractivity contribution < 1.29 is 4.79 Å². The molecule has 1 heterocycles. The first-order chi connectivity index (χ1) is 10.1. The summed E-state index contributed by atoms with van der Waals surface area (Å²) in [6.07, 6.45) is 1.91. The van der Waals surface area contributed by atoms with Crippen LogP contribution >= 0.6 is 27.5 Å². The van der Waals surface area contributed by atoms with Gasteiger partial charge in [0.15, 0.2) is 0 Å². The molecular weight excluding hydrogens is 352 g/mol. The van der Waals surface area contributed by atoms with Crippen LogP contribution in [0.4, 0.5) is 5.69 Å². The van der Waals surface area contributed by atoms with E-state index in [0.717, 1.165) is 15.4 Å². The molecular formula is C16H12BrClN2O. The van der Waals surface area contributed by atoms with Gasteiger partial charge in [0, 0.05) is 26.9 Å². The minimum Gasteiger partial charge on any atom is -0.338 e. The van der Waals surface area contributed by atoms with Crippen LogP contribution in [-0.2, 0) is 11.3 Å². The summed E-state index contributed by atoms with van der Waals surface area (Å²) in [5.74, 6) is -0.0882. The fraction of sp³-hybridized carbons (Fsp3) is 0.0625. The first kappa shape index (κ1) is 14.2. The van der Waals surface area contributed by atoms with Crippen LogP contribution in [-0.4, -0.2) is 10.5 Å². The molecule has 3 rings (SSSR count). The molecule has 106 valence electrons. The minimum absolute atomic E-state index is 0.0882. The molecule has 1 N–H and O–H groups in total. The van der Waals surface area contributed by atoms with E-state index < -0.39 is 0 Å². The van der Waals surface area contributed by atoms with Crippen LogP contribution in [0, 0.1) is 0 Å². The van der Waals surface area contributed by atoms with Crippen LogP contribution in [0.25, 0.3) is 10.9 Å². The Labute approximate surface area is 135 Å². The van der Waals surface area contributed by atoms with E-state index >= 15 is 0 Å². The average molecular weight is 364 g/mol. The van der Waals surface area contributed by atoms with Crippen LogP contribution in [0.3, 0.4) is 0 Å². The Bertz CT molecular complexity index is 813. The highest BCUT2D eigenvalue weighted by Gasteiger charge is 2.07. The fourth-order valence-electron chi connectivity index (χ4n) is 2.22. The highest BCUT2D eigenvalue weighted by Crippen LogP contribution is 2.21. The maximum Gasteiger partial charge on any atom is 0.244 e. The molecule has 0 fully saturated rings. The summed E-state index contributed by atoms with van der Waals surface area (Å²) in [7, 11) is 0. The molecule has 0 atom stereocenters. The number of nitrogens with zero attached hydrogens (tertiary/aromatic N) is 1. The Kier molecular flexibility index (Phi) is 3.99. The molecule has 0 radical (unpaired) electrons. The molecule has 0 aliphatic rings. The quantitative estimate of drug-likeness (QED) is 0.719. The Hall–Kier alpha value is -1.78. The van der Waals surface area contributed by atoms with Crippen molar-refractivity contribution in [2.45, 2.75) is 6.54 Å². The van der Waals surface area contributed by atoms with Crippen molar-refractivity contribution >= 4 is 50.0 Å². The number of rotatable bonds is 3. The number of carbonyl (C=O) groups excluding carboxylic acids is 1. The third-order valence-corrected chi connectivity index (χ3v) is 3.89. The summed E-state index contributed by atoms with van der Waals surface area (Å²) < 4.78 is 2.91. The fourth-order valence-corrected chi connectivity index (χ4v) is 2.76. The van der Waals surface area contributed by atoms with Gasteiger partial charge in [-0.1, -0.05) is 39.7 Å². The van der Waals surface area contributed by atoms with Gasteiger partial charge in [0.05, 0.1) is 0 Å². The van der Waals surface area contributed by atoms with E-state index in [1.807, 2.05) is 41.1 Å². The maximum absolute atomic E-state index is 12.1. The van der Waals surface area contributed by atoms with Gasteiger partial charge in [-0.05, 0) is 41.8 Å². The predicted molar refractivity (Wildman–Crippen MR) is 89.7 cm³/mol. The zero-order valence-electron chi connectivity index (χ0n) is 11.0. The van der Waals surface area contributed by atoms with Crippen LogP contribution in [0.5, 0.6) is 0 Å². The molecule has 0 saturated carbocycles. The number of fused-ring (bicyclic) bond motifs is 1. The minimum atomic E-state index is -0.0882. The molecule has 0 saturated heterocycles. The summed E-state index contributed by atoms with van der Waals surface area (Å²) in [5, 5.41) is 4.55. The van der Waals surface area contributed by atoms with E-state index in [1.165, 1.54) is 0 Å². The molecule has 0 bridgehead atoms. The van der Waals surface area contributed by atoms with E-state index in [9.17, 15) is 4.79 Å². The van der Waals surface area contributed by atoms with Crippen molar-refractivity contribution in [3.8, 4) is 0 Å². The van der Waals surface area contributed by atoms with Gasteiger partial charge in [-0.3, -0.25) is 4.79 Å². The molecule has 3 aromatic rings. The van der Waals surface area contributed by atoms with Crippen molar-refractivity contribution in [3.63, 3.8) is 0 Å². The SMILES string of the molecule is O=C(Cn1ccc2ccc(Br)cc21)Nc1cccc(Cl)c1. The topological polar surface area (TPSA) is 34.0 Å². The second kappa shape index (κ2) is 5.92. The van der Waals surface area contributed by atoms with E-state index in [4.69, 9.17) is 11.6 Å². The number of amides is 1. The number of benzene rings is 2. The number of carbonyl (C=O) groups is 1. The van der Waals surface area contributed by atoms with Crippen LogP contribution in [0.2, 0.25) is 5.02 Å². The summed E-state index contributed by atoms with van der Waals surface area (Å²) in [4.78, 5) is 12.1. The summed E-state index contributed by atoms with van der Waals surface area (Å²) in [5.41, 5.74) is 1.72. The Morgan fingerprint density at radius 3 is 2.86 bits per heavy atom.